The lowest BCUT2D eigenvalue weighted by Gasteiger charge is -2.37. The zero-order valence-corrected chi connectivity index (χ0v) is 16.7. The van der Waals surface area contributed by atoms with Gasteiger partial charge in [0, 0.05) is 24.2 Å². The summed E-state index contributed by atoms with van der Waals surface area (Å²) in [4.78, 5) is 7.23. The van der Waals surface area contributed by atoms with E-state index >= 15 is 0 Å². The predicted molar refractivity (Wildman–Crippen MR) is 111 cm³/mol. The van der Waals surface area contributed by atoms with Crippen LogP contribution in [-0.4, -0.2) is 46.8 Å². The molecule has 2 aromatic carbocycles. The maximum atomic E-state index is 6.26. The number of rotatable bonds is 3. The summed E-state index contributed by atoms with van der Waals surface area (Å²) in [7, 11) is 0. The highest BCUT2D eigenvalue weighted by molar-refractivity contribution is 6.31. The van der Waals surface area contributed by atoms with E-state index in [1.165, 1.54) is 0 Å². The van der Waals surface area contributed by atoms with Crippen molar-refractivity contribution in [3.63, 3.8) is 0 Å². The largest absolute Gasteiger partial charge is 0.486 e. The second-order valence-electron chi connectivity index (χ2n) is 7.72. The van der Waals surface area contributed by atoms with Crippen molar-refractivity contribution in [3.05, 3.63) is 53.3 Å². The molecule has 1 aromatic heterocycles. The molecule has 0 aliphatic carbocycles. The number of piperidine rings is 1. The van der Waals surface area contributed by atoms with E-state index in [-0.39, 0.29) is 6.10 Å². The van der Waals surface area contributed by atoms with Gasteiger partial charge in [-0.25, -0.2) is 4.98 Å². The molecule has 3 heterocycles. The van der Waals surface area contributed by atoms with Crippen molar-refractivity contribution in [1.82, 2.24) is 14.5 Å². The molecule has 5 rings (SSSR count). The summed E-state index contributed by atoms with van der Waals surface area (Å²) in [6.07, 6.45) is 2.37. The molecular formula is C22H24ClN3O2. The van der Waals surface area contributed by atoms with Crippen LogP contribution in [-0.2, 0) is 0 Å². The molecule has 0 radical (unpaired) electrons. The summed E-state index contributed by atoms with van der Waals surface area (Å²) in [5, 5.41) is 0.757. The number of aromatic nitrogens is 2. The van der Waals surface area contributed by atoms with Crippen LogP contribution in [0.3, 0.4) is 0 Å². The number of benzene rings is 2. The zero-order chi connectivity index (χ0) is 19.1. The Hall–Kier alpha value is -2.24. The van der Waals surface area contributed by atoms with Gasteiger partial charge >= 0.3 is 0 Å². The highest BCUT2D eigenvalue weighted by Crippen LogP contribution is 2.32. The summed E-state index contributed by atoms with van der Waals surface area (Å²) in [6, 6.07) is 14.2. The van der Waals surface area contributed by atoms with Gasteiger partial charge in [-0.15, -0.1) is 0 Å². The third-order valence-corrected chi connectivity index (χ3v) is 5.94. The Balaban J connectivity index is 1.32. The molecule has 28 heavy (non-hydrogen) atoms. The Morgan fingerprint density at radius 2 is 2.04 bits per heavy atom. The number of likely N-dealkylation sites (tertiary alicyclic amines) is 1. The first-order valence-electron chi connectivity index (χ1n) is 9.92. The number of imidazole rings is 1. The van der Waals surface area contributed by atoms with E-state index in [4.69, 9.17) is 26.1 Å². The molecule has 0 saturated carbocycles. The van der Waals surface area contributed by atoms with Gasteiger partial charge in [0.25, 0.3) is 0 Å². The van der Waals surface area contributed by atoms with Crippen molar-refractivity contribution in [2.75, 3.05) is 26.2 Å². The summed E-state index contributed by atoms with van der Waals surface area (Å²) in [5.41, 5.74) is 2.14. The highest BCUT2D eigenvalue weighted by Gasteiger charge is 2.28. The molecule has 2 unspecified atom stereocenters. The first-order valence-corrected chi connectivity index (χ1v) is 10.3. The van der Waals surface area contributed by atoms with Gasteiger partial charge in [0.15, 0.2) is 11.5 Å². The summed E-state index contributed by atoms with van der Waals surface area (Å²) < 4.78 is 14.4. The van der Waals surface area contributed by atoms with Gasteiger partial charge in [-0.05, 0) is 56.6 Å². The molecule has 1 fully saturated rings. The van der Waals surface area contributed by atoms with Crippen LogP contribution < -0.4 is 9.47 Å². The van der Waals surface area contributed by atoms with Crippen LogP contribution in [0.25, 0.3) is 11.0 Å². The van der Waals surface area contributed by atoms with Crippen molar-refractivity contribution < 1.29 is 9.47 Å². The maximum absolute atomic E-state index is 6.26. The number of fused-ring (bicyclic) bond motifs is 2. The molecule has 2 aliphatic heterocycles. The molecule has 0 amide bonds. The number of hydrogen-bond acceptors (Lipinski definition) is 4. The third-order valence-electron chi connectivity index (χ3n) is 5.70. The predicted octanol–water partition coefficient (Wildman–Crippen LogP) is 4.48. The Morgan fingerprint density at radius 3 is 2.93 bits per heavy atom. The second-order valence-corrected chi connectivity index (χ2v) is 8.15. The molecule has 2 atom stereocenters. The molecule has 1 saturated heterocycles. The Morgan fingerprint density at radius 1 is 1.18 bits per heavy atom. The molecule has 2 aliphatic rings. The van der Waals surface area contributed by atoms with Crippen LogP contribution in [0.4, 0.5) is 0 Å². The number of halogens is 1. The Kier molecular flexibility index (Phi) is 4.65. The minimum atomic E-state index is 0.0590. The highest BCUT2D eigenvalue weighted by atomic mass is 35.5. The van der Waals surface area contributed by atoms with E-state index in [1.54, 1.807) is 0 Å². The van der Waals surface area contributed by atoms with Crippen LogP contribution in [0.5, 0.6) is 11.5 Å². The van der Waals surface area contributed by atoms with E-state index < -0.39 is 0 Å². The fourth-order valence-electron chi connectivity index (χ4n) is 4.50. The second kappa shape index (κ2) is 7.30. The molecule has 0 spiro atoms. The maximum Gasteiger partial charge on any atom is 0.161 e. The quantitative estimate of drug-likeness (QED) is 0.653. The molecule has 6 heteroatoms. The number of nitrogens with zero attached hydrogens (tertiary/aromatic N) is 3. The fraction of sp³-hybridized carbons (Fsp3) is 0.409. The van der Waals surface area contributed by atoms with Gasteiger partial charge in [0.2, 0.25) is 0 Å². The molecule has 5 nitrogen and oxygen atoms in total. The van der Waals surface area contributed by atoms with E-state index in [2.05, 4.69) is 16.4 Å². The van der Waals surface area contributed by atoms with Crippen molar-refractivity contribution >= 4 is 22.6 Å². The van der Waals surface area contributed by atoms with Crippen molar-refractivity contribution in [2.24, 2.45) is 0 Å². The van der Waals surface area contributed by atoms with Crippen molar-refractivity contribution in [3.8, 4) is 11.5 Å². The average molecular weight is 398 g/mol. The number of para-hydroxylation sites is 2. The van der Waals surface area contributed by atoms with E-state index in [9.17, 15) is 0 Å². The first kappa shape index (κ1) is 17.8. The molecule has 3 aromatic rings. The van der Waals surface area contributed by atoms with Gasteiger partial charge in [0.1, 0.15) is 18.5 Å². The molecular weight excluding hydrogens is 374 g/mol. The van der Waals surface area contributed by atoms with Crippen LogP contribution in [0, 0.1) is 6.92 Å². The lowest BCUT2D eigenvalue weighted by atomic mass is 10.0. The van der Waals surface area contributed by atoms with Crippen LogP contribution in [0.2, 0.25) is 5.02 Å². The lowest BCUT2D eigenvalue weighted by molar-refractivity contribution is 0.0462. The fourth-order valence-corrected chi connectivity index (χ4v) is 4.66. The lowest BCUT2D eigenvalue weighted by Crippen LogP contribution is -2.45. The van der Waals surface area contributed by atoms with Gasteiger partial charge < -0.3 is 14.0 Å². The van der Waals surface area contributed by atoms with Gasteiger partial charge in [-0.3, -0.25) is 4.90 Å². The summed E-state index contributed by atoms with van der Waals surface area (Å²) in [5.74, 6) is 2.74. The normalized spacial score (nSPS) is 22.5. The number of hydrogen-bond donors (Lipinski definition) is 0. The number of aryl methyl sites for hydroxylation is 1. The van der Waals surface area contributed by atoms with Crippen LogP contribution in [0.1, 0.15) is 24.7 Å². The van der Waals surface area contributed by atoms with E-state index in [0.29, 0.717) is 12.6 Å². The Bertz CT molecular complexity index is 1000. The standard InChI is InChI=1S/C22H24ClN3O2/c1-15-24-19-9-8-16(23)11-20(19)26(15)17-5-4-10-25(12-17)13-18-14-27-21-6-2-3-7-22(21)28-18/h2-3,6-9,11,17-18H,4-5,10,12-14H2,1H3. The molecule has 146 valence electrons. The van der Waals surface area contributed by atoms with Crippen LogP contribution >= 0.6 is 11.6 Å². The monoisotopic (exact) mass is 397 g/mol. The minimum absolute atomic E-state index is 0.0590. The van der Waals surface area contributed by atoms with E-state index in [0.717, 1.165) is 65.9 Å². The zero-order valence-electron chi connectivity index (χ0n) is 16.0. The minimum Gasteiger partial charge on any atom is -0.486 e. The van der Waals surface area contributed by atoms with Gasteiger partial charge in [-0.1, -0.05) is 23.7 Å². The third kappa shape index (κ3) is 3.33. The molecule has 0 bridgehead atoms. The average Bonchev–Trinajstić information content (AvgIpc) is 3.03. The molecule has 0 N–H and O–H groups in total. The van der Waals surface area contributed by atoms with Gasteiger partial charge in [0.05, 0.1) is 11.0 Å². The summed E-state index contributed by atoms with van der Waals surface area (Å²) in [6.45, 7) is 5.63. The first-order chi connectivity index (χ1) is 13.7. The Labute approximate surface area is 169 Å². The SMILES string of the molecule is Cc1nc2ccc(Cl)cc2n1C1CCCN(CC2COc3ccccc3O2)C1. The van der Waals surface area contributed by atoms with E-state index in [1.807, 2.05) is 42.5 Å². The topological polar surface area (TPSA) is 39.5 Å². The van der Waals surface area contributed by atoms with Gasteiger partial charge in [-0.2, -0.15) is 0 Å². The van der Waals surface area contributed by atoms with Crippen LogP contribution in [0.15, 0.2) is 42.5 Å². The number of ether oxygens (including phenoxy) is 2. The van der Waals surface area contributed by atoms with Crippen molar-refractivity contribution in [1.29, 1.82) is 0 Å². The van der Waals surface area contributed by atoms with Crippen molar-refractivity contribution in [2.45, 2.75) is 31.9 Å². The smallest absolute Gasteiger partial charge is 0.161 e. The summed E-state index contributed by atoms with van der Waals surface area (Å²) >= 11 is 6.26.